The van der Waals surface area contributed by atoms with Gasteiger partial charge in [0, 0.05) is 28.7 Å². The number of amides is 1. The van der Waals surface area contributed by atoms with Gasteiger partial charge in [0.1, 0.15) is 10.6 Å². The number of nitrogens with one attached hydrogen (secondary N) is 1. The summed E-state index contributed by atoms with van der Waals surface area (Å²) in [5.74, 6) is -3.55. The number of esters is 1. The summed E-state index contributed by atoms with van der Waals surface area (Å²) >= 11 is 1.24. The van der Waals surface area contributed by atoms with Crippen LogP contribution in [0.15, 0.2) is 23.6 Å². The van der Waals surface area contributed by atoms with E-state index < -0.39 is 23.8 Å². The van der Waals surface area contributed by atoms with Crippen molar-refractivity contribution in [3.63, 3.8) is 0 Å². The molecule has 2 aromatic rings. The fraction of sp³-hybridized carbons (Fsp3) is 0.435. The summed E-state index contributed by atoms with van der Waals surface area (Å²) in [6.45, 7) is 5.91. The third-order valence-electron chi connectivity index (χ3n) is 5.58. The van der Waals surface area contributed by atoms with Gasteiger partial charge >= 0.3 is 5.97 Å². The highest BCUT2D eigenvalue weighted by molar-refractivity contribution is 7.15. The van der Waals surface area contributed by atoms with Crippen molar-refractivity contribution in [2.24, 2.45) is 11.8 Å². The minimum atomic E-state index is -1.19. The predicted molar refractivity (Wildman–Crippen MR) is 114 cm³/mol. The van der Waals surface area contributed by atoms with Gasteiger partial charge < -0.3 is 20.0 Å². The number of thiophene rings is 1. The second kappa shape index (κ2) is 9.43. The Morgan fingerprint density at radius 1 is 1.13 bits per heavy atom. The first-order chi connectivity index (χ1) is 14.3. The van der Waals surface area contributed by atoms with E-state index in [9.17, 15) is 19.5 Å². The number of aryl methyl sites for hydroxylation is 2. The van der Waals surface area contributed by atoms with Crippen molar-refractivity contribution in [3.05, 3.63) is 40.3 Å². The number of carbonyl (C=O) groups is 3. The molecule has 1 saturated carbocycles. The lowest BCUT2D eigenvalue weighted by atomic mass is 9.78. The molecule has 0 bridgehead atoms. The van der Waals surface area contributed by atoms with Crippen molar-refractivity contribution in [1.82, 2.24) is 0 Å². The standard InChI is InChI=1S/C23H27NO5S/c1-4-29-23(28)19-18(15-10-9-13(2)11-14(15)3)12-30-21(19)24-20(25)16-7-5-6-8-17(16)22(26)27/h9-12,16-17H,4-8H2,1-3H3,(H,24,25)(H,26,27)/p-1/t16-,17-/m0/s1. The first-order valence-corrected chi connectivity index (χ1v) is 11.1. The topological polar surface area (TPSA) is 95.5 Å². The monoisotopic (exact) mass is 428 g/mol. The molecule has 1 fully saturated rings. The number of aliphatic carboxylic acids is 1. The maximum atomic E-state index is 12.9. The van der Waals surface area contributed by atoms with E-state index in [4.69, 9.17) is 4.74 Å². The zero-order valence-electron chi connectivity index (χ0n) is 17.4. The summed E-state index contributed by atoms with van der Waals surface area (Å²) in [5, 5.41) is 16.5. The van der Waals surface area contributed by atoms with Crippen molar-refractivity contribution in [3.8, 4) is 11.1 Å². The molecule has 7 heteroatoms. The maximum Gasteiger partial charge on any atom is 0.341 e. The van der Waals surface area contributed by atoms with Gasteiger partial charge in [-0.2, -0.15) is 0 Å². The average molecular weight is 429 g/mol. The van der Waals surface area contributed by atoms with E-state index in [1.165, 1.54) is 11.3 Å². The first-order valence-electron chi connectivity index (χ1n) is 10.2. The number of anilines is 1. The SMILES string of the molecule is CCOC(=O)c1c(-c2ccc(C)cc2C)csc1NC(=O)[C@H]1CCCC[C@@H]1C(=O)[O-]. The molecule has 1 aliphatic rings. The Balaban J connectivity index is 1.96. The molecule has 30 heavy (non-hydrogen) atoms. The highest BCUT2D eigenvalue weighted by Gasteiger charge is 2.33. The molecule has 0 unspecified atom stereocenters. The number of hydrogen-bond acceptors (Lipinski definition) is 6. The van der Waals surface area contributed by atoms with Crippen LogP contribution in [0, 0.1) is 25.7 Å². The molecule has 0 spiro atoms. The third kappa shape index (κ3) is 4.56. The Morgan fingerprint density at radius 2 is 1.83 bits per heavy atom. The lowest BCUT2D eigenvalue weighted by Gasteiger charge is -2.31. The molecule has 0 saturated heterocycles. The number of carboxylic acid groups (broad SMARTS) is 1. The molecule has 0 aliphatic heterocycles. The van der Waals surface area contributed by atoms with Crippen molar-refractivity contribution in [1.29, 1.82) is 0 Å². The average Bonchev–Trinajstić information content (AvgIpc) is 3.11. The van der Waals surface area contributed by atoms with Crippen LogP contribution in [-0.4, -0.2) is 24.5 Å². The van der Waals surface area contributed by atoms with Crippen LogP contribution in [0.1, 0.15) is 54.1 Å². The highest BCUT2D eigenvalue weighted by atomic mass is 32.1. The zero-order valence-corrected chi connectivity index (χ0v) is 18.3. The molecular weight excluding hydrogens is 402 g/mol. The van der Waals surface area contributed by atoms with E-state index in [1.54, 1.807) is 6.92 Å². The summed E-state index contributed by atoms with van der Waals surface area (Å²) in [6.07, 6.45) is 2.50. The summed E-state index contributed by atoms with van der Waals surface area (Å²) < 4.78 is 5.25. The molecule has 6 nitrogen and oxygen atoms in total. The third-order valence-corrected chi connectivity index (χ3v) is 6.48. The summed E-state index contributed by atoms with van der Waals surface area (Å²) in [4.78, 5) is 37.2. The molecule has 1 aromatic heterocycles. The normalized spacial score (nSPS) is 18.6. The van der Waals surface area contributed by atoms with Crippen molar-refractivity contribution in [2.75, 3.05) is 11.9 Å². The zero-order chi connectivity index (χ0) is 21.8. The summed E-state index contributed by atoms with van der Waals surface area (Å²) in [5.41, 5.74) is 4.03. The largest absolute Gasteiger partial charge is 0.550 e. The fourth-order valence-electron chi connectivity index (χ4n) is 4.10. The Hall–Kier alpha value is -2.67. The smallest absolute Gasteiger partial charge is 0.341 e. The fourth-order valence-corrected chi connectivity index (χ4v) is 5.05. The van der Waals surface area contributed by atoms with Gasteiger partial charge in [0.2, 0.25) is 5.91 Å². The quantitative estimate of drug-likeness (QED) is 0.708. The van der Waals surface area contributed by atoms with Crippen LogP contribution in [0.5, 0.6) is 0 Å². The number of carbonyl (C=O) groups excluding carboxylic acids is 3. The van der Waals surface area contributed by atoms with Gasteiger partial charge in [-0.05, 0) is 44.7 Å². The van der Waals surface area contributed by atoms with Gasteiger partial charge in [-0.25, -0.2) is 4.79 Å². The minimum absolute atomic E-state index is 0.212. The Labute approximate surface area is 180 Å². The number of carboxylic acids is 1. The van der Waals surface area contributed by atoms with Gasteiger partial charge in [-0.1, -0.05) is 36.6 Å². The van der Waals surface area contributed by atoms with Crippen LogP contribution in [-0.2, 0) is 14.3 Å². The molecule has 1 heterocycles. The van der Waals surface area contributed by atoms with E-state index >= 15 is 0 Å². The van der Waals surface area contributed by atoms with Crippen molar-refractivity contribution in [2.45, 2.75) is 46.5 Å². The molecular formula is C23H26NO5S-. The number of ether oxygens (including phenoxy) is 1. The Kier molecular flexibility index (Phi) is 6.92. The Bertz CT molecular complexity index is 964. The van der Waals surface area contributed by atoms with Crippen LogP contribution in [0.3, 0.4) is 0 Å². The molecule has 1 N–H and O–H groups in total. The van der Waals surface area contributed by atoms with Crippen LogP contribution in [0.2, 0.25) is 0 Å². The summed E-state index contributed by atoms with van der Waals surface area (Å²) in [6, 6.07) is 5.96. The van der Waals surface area contributed by atoms with Gasteiger partial charge in [0.05, 0.1) is 6.61 Å². The minimum Gasteiger partial charge on any atom is -0.550 e. The van der Waals surface area contributed by atoms with Crippen molar-refractivity contribution >= 4 is 34.2 Å². The van der Waals surface area contributed by atoms with E-state index in [1.807, 2.05) is 37.4 Å². The van der Waals surface area contributed by atoms with Gasteiger partial charge in [-0.3, -0.25) is 4.79 Å². The first kappa shape index (κ1) is 22.0. The second-order valence-electron chi connectivity index (χ2n) is 7.70. The van der Waals surface area contributed by atoms with Crippen LogP contribution < -0.4 is 10.4 Å². The molecule has 1 aromatic carbocycles. The van der Waals surface area contributed by atoms with Crippen LogP contribution in [0.25, 0.3) is 11.1 Å². The number of benzene rings is 1. The lowest BCUT2D eigenvalue weighted by Crippen LogP contribution is -2.42. The van der Waals surface area contributed by atoms with Gasteiger partial charge in [0.15, 0.2) is 0 Å². The van der Waals surface area contributed by atoms with Crippen LogP contribution >= 0.6 is 11.3 Å². The summed E-state index contributed by atoms with van der Waals surface area (Å²) in [7, 11) is 0. The highest BCUT2D eigenvalue weighted by Crippen LogP contribution is 2.39. The molecule has 3 rings (SSSR count). The lowest BCUT2D eigenvalue weighted by molar-refractivity contribution is -0.313. The number of hydrogen-bond donors (Lipinski definition) is 1. The molecule has 1 amide bonds. The van der Waals surface area contributed by atoms with Gasteiger partial charge in [-0.15, -0.1) is 11.3 Å². The van der Waals surface area contributed by atoms with E-state index in [0.717, 1.165) is 29.5 Å². The molecule has 1 aliphatic carbocycles. The number of rotatable bonds is 6. The second-order valence-corrected chi connectivity index (χ2v) is 8.58. The molecule has 2 atom stereocenters. The van der Waals surface area contributed by atoms with Crippen molar-refractivity contribution < 1.29 is 24.2 Å². The van der Waals surface area contributed by atoms with E-state index in [-0.39, 0.29) is 12.5 Å². The van der Waals surface area contributed by atoms with E-state index in [0.29, 0.717) is 29.0 Å². The molecule has 160 valence electrons. The molecule has 0 radical (unpaired) electrons. The van der Waals surface area contributed by atoms with E-state index in [2.05, 4.69) is 5.32 Å². The van der Waals surface area contributed by atoms with Crippen LogP contribution in [0.4, 0.5) is 5.00 Å². The maximum absolute atomic E-state index is 12.9. The predicted octanol–water partition coefficient (Wildman–Crippen LogP) is 3.70. The Morgan fingerprint density at radius 3 is 2.47 bits per heavy atom. The van der Waals surface area contributed by atoms with Gasteiger partial charge in [0.25, 0.3) is 0 Å².